The lowest BCUT2D eigenvalue weighted by atomic mass is 10.4. The van der Waals surface area contributed by atoms with Crippen LogP contribution in [0.3, 0.4) is 0 Å². The van der Waals surface area contributed by atoms with Crippen LogP contribution in [0, 0.1) is 0 Å². The zero-order chi connectivity index (χ0) is 11.7. The van der Waals surface area contributed by atoms with E-state index in [1.807, 2.05) is 0 Å². The largest absolute Gasteiger partial charge is 0.348 e. The molecule has 5 heteroatoms. The van der Waals surface area contributed by atoms with Gasteiger partial charge in [0.25, 0.3) is 5.91 Å². The van der Waals surface area contributed by atoms with Gasteiger partial charge in [-0.3, -0.25) is 4.79 Å². The third-order valence-corrected chi connectivity index (χ3v) is 3.18. The highest BCUT2D eigenvalue weighted by atomic mass is 16.2. The molecule has 1 saturated carbocycles. The van der Waals surface area contributed by atoms with Gasteiger partial charge in [-0.25, -0.2) is 9.97 Å². The van der Waals surface area contributed by atoms with E-state index >= 15 is 0 Å². The molecule has 0 atom stereocenters. The lowest BCUT2D eigenvalue weighted by Gasteiger charge is -2.15. The molecular weight excluding hydrogens is 216 g/mol. The summed E-state index contributed by atoms with van der Waals surface area (Å²) in [5.41, 5.74) is 0.480. The SMILES string of the molecule is O=C(NC1CC1)c1ccnc(N2CCCC2)n1. The fourth-order valence-electron chi connectivity index (χ4n) is 2.03. The van der Waals surface area contributed by atoms with Crippen LogP contribution in [0.5, 0.6) is 0 Å². The first-order valence-electron chi connectivity index (χ1n) is 6.22. The van der Waals surface area contributed by atoms with Gasteiger partial charge in [0, 0.05) is 25.3 Å². The number of aromatic nitrogens is 2. The fraction of sp³-hybridized carbons (Fsp3) is 0.583. The van der Waals surface area contributed by atoms with Gasteiger partial charge in [0.05, 0.1) is 0 Å². The van der Waals surface area contributed by atoms with E-state index in [4.69, 9.17) is 0 Å². The second kappa shape index (κ2) is 4.31. The first-order valence-corrected chi connectivity index (χ1v) is 6.22. The van der Waals surface area contributed by atoms with Gasteiger partial charge in [-0.05, 0) is 31.7 Å². The average Bonchev–Trinajstić information content (AvgIpc) is 3.00. The molecule has 1 saturated heterocycles. The van der Waals surface area contributed by atoms with E-state index < -0.39 is 0 Å². The van der Waals surface area contributed by atoms with Crippen LogP contribution in [-0.2, 0) is 0 Å². The van der Waals surface area contributed by atoms with Gasteiger partial charge >= 0.3 is 0 Å². The molecule has 0 aromatic carbocycles. The topological polar surface area (TPSA) is 58.1 Å². The lowest BCUT2D eigenvalue weighted by molar-refractivity contribution is 0.0946. The van der Waals surface area contributed by atoms with Crippen LogP contribution in [0.25, 0.3) is 0 Å². The minimum Gasteiger partial charge on any atom is -0.348 e. The minimum atomic E-state index is -0.0738. The van der Waals surface area contributed by atoms with Crippen LogP contribution in [0.4, 0.5) is 5.95 Å². The molecule has 0 bridgehead atoms. The predicted molar refractivity (Wildman–Crippen MR) is 64.0 cm³/mol. The molecule has 17 heavy (non-hydrogen) atoms. The third-order valence-electron chi connectivity index (χ3n) is 3.18. The van der Waals surface area contributed by atoms with Crippen LogP contribution < -0.4 is 10.2 Å². The molecule has 1 N–H and O–H groups in total. The van der Waals surface area contributed by atoms with E-state index in [-0.39, 0.29) is 5.91 Å². The summed E-state index contributed by atoms with van der Waals surface area (Å²) in [6.07, 6.45) is 6.22. The van der Waals surface area contributed by atoms with Gasteiger partial charge in [0.1, 0.15) is 5.69 Å². The summed E-state index contributed by atoms with van der Waals surface area (Å²) in [5, 5.41) is 2.94. The van der Waals surface area contributed by atoms with Gasteiger partial charge in [-0.1, -0.05) is 0 Å². The molecule has 1 aliphatic heterocycles. The number of hydrogen-bond donors (Lipinski definition) is 1. The van der Waals surface area contributed by atoms with Gasteiger partial charge in [0.15, 0.2) is 0 Å². The van der Waals surface area contributed by atoms with Crippen LogP contribution >= 0.6 is 0 Å². The normalized spacial score (nSPS) is 19.4. The monoisotopic (exact) mass is 232 g/mol. The number of anilines is 1. The number of nitrogens with zero attached hydrogens (tertiary/aromatic N) is 3. The smallest absolute Gasteiger partial charge is 0.270 e. The van der Waals surface area contributed by atoms with Crippen molar-refractivity contribution in [1.82, 2.24) is 15.3 Å². The standard InChI is InChI=1S/C12H16N4O/c17-11(14-9-3-4-9)10-5-6-13-12(15-10)16-7-1-2-8-16/h5-6,9H,1-4,7-8H2,(H,14,17). The highest BCUT2D eigenvalue weighted by Gasteiger charge is 2.25. The molecule has 2 aliphatic rings. The Morgan fingerprint density at radius 3 is 2.82 bits per heavy atom. The zero-order valence-electron chi connectivity index (χ0n) is 9.72. The molecule has 1 aliphatic carbocycles. The Kier molecular flexibility index (Phi) is 2.66. The summed E-state index contributed by atoms with van der Waals surface area (Å²) in [5.74, 6) is 0.612. The average molecular weight is 232 g/mol. The van der Waals surface area contributed by atoms with Crippen molar-refractivity contribution >= 4 is 11.9 Å². The quantitative estimate of drug-likeness (QED) is 0.843. The molecule has 1 aromatic rings. The first kappa shape index (κ1) is 10.5. The first-order chi connectivity index (χ1) is 8.33. The van der Waals surface area contributed by atoms with E-state index in [0.29, 0.717) is 17.7 Å². The summed E-state index contributed by atoms with van der Waals surface area (Å²) in [6, 6.07) is 2.05. The second-order valence-corrected chi connectivity index (χ2v) is 4.68. The minimum absolute atomic E-state index is 0.0738. The Labute approximate surface area is 100 Å². The number of carbonyl (C=O) groups excluding carboxylic acids is 1. The zero-order valence-corrected chi connectivity index (χ0v) is 9.72. The van der Waals surface area contributed by atoms with Crippen molar-refractivity contribution in [2.45, 2.75) is 31.7 Å². The molecule has 2 fully saturated rings. The highest BCUT2D eigenvalue weighted by Crippen LogP contribution is 2.19. The summed E-state index contributed by atoms with van der Waals surface area (Å²) in [7, 11) is 0. The number of carbonyl (C=O) groups is 1. The van der Waals surface area contributed by atoms with Gasteiger partial charge in [0.2, 0.25) is 5.95 Å². The Morgan fingerprint density at radius 1 is 1.35 bits per heavy atom. The van der Waals surface area contributed by atoms with Crippen LogP contribution in [0.2, 0.25) is 0 Å². The number of rotatable bonds is 3. The number of amides is 1. The van der Waals surface area contributed by atoms with E-state index in [1.165, 1.54) is 12.8 Å². The van der Waals surface area contributed by atoms with E-state index in [0.717, 1.165) is 25.9 Å². The van der Waals surface area contributed by atoms with Crippen LogP contribution in [0.15, 0.2) is 12.3 Å². The van der Waals surface area contributed by atoms with Crippen molar-refractivity contribution in [3.05, 3.63) is 18.0 Å². The maximum absolute atomic E-state index is 11.8. The van der Waals surface area contributed by atoms with E-state index in [1.54, 1.807) is 12.3 Å². The molecule has 5 nitrogen and oxygen atoms in total. The Bertz CT molecular complexity index is 424. The van der Waals surface area contributed by atoms with Gasteiger partial charge in [-0.15, -0.1) is 0 Å². The summed E-state index contributed by atoms with van der Waals surface area (Å²) < 4.78 is 0. The lowest BCUT2D eigenvalue weighted by Crippen LogP contribution is -2.28. The van der Waals surface area contributed by atoms with Crippen molar-refractivity contribution < 1.29 is 4.79 Å². The highest BCUT2D eigenvalue weighted by molar-refractivity contribution is 5.92. The molecule has 1 amide bonds. The molecule has 2 heterocycles. The maximum atomic E-state index is 11.8. The Balaban J connectivity index is 1.75. The van der Waals surface area contributed by atoms with Crippen molar-refractivity contribution in [2.75, 3.05) is 18.0 Å². The molecule has 90 valence electrons. The Hall–Kier alpha value is -1.65. The van der Waals surface area contributed by atoms with Crippen LogP contribution in [-0.4, -0.2) is 35.0 Å². The molecular formula is C12H16N4O. The maximum Gasteiger partial charge on any atom is 0.270 e. The third kappa shape index (κ3) is 2.38. The van der Waals surface area contributed by atoms with Crippen molar-refractivity contribution in [3.63, 3.8) is 0 Å². The molecule has 0 radical (unpaired) electrons. The number of nitrogens with one attached hydrogen (secondary N) is 1. The molecule has 0 spiro atoms. The number of hydrogen-bond acceptors (Lipinski definition) is 4. The van der Waals surface area contributed by atoms with Gasteiger partial charge < -0.3 is 10.2 Å². The van der Waals surface area contributed by atoms with Gasteiger partial charge in [-0.2, -0.15) is 0 Å². The van der Waals surface area contributed by atoms with Crippen molar-refractivity contribution in [2.24, 2.45) is 0 Å². The van der Waals surface area contributed by atoms with Crippen molar-refractivity contribution in [1.29, 1.82) is 0 Å². The Morgan fingerprint density at radius 2 is 2.12 bits per heavy atom. The fourth-order valence-corrected chi connectivity index (χ4v) is 2.03. The van der Waals surface area contributed by atoms with Crippen LogP contribution in [0.1, 0.15) is 36.2 Å². The molecule has 3 rings (SSSR count). The predicted octanol–water partition coefficient (Wildman–Crippen LogP) is 0.969. The molecule has 1 aromatic heterocycles. The van der Waals surface area contributed by atoms with E-state index in [9.17, 15) is 4.79 Å². The molecule has 0 unspecified atom stereocenters. The second-order valence-electron chi connectivity index (χ2n) is 4.68. The van der Waals surface area contributed by atoms with E-state index in [2.05, 4.69) is 20.2 Å². The van der Waals surface area contributed by atoms with Crippen molar-refractivity contribution in [3.8, 4) is 0 Å². The summed E-state index contributed by atoms with van der Waals surface area (Å²) in [6.45, 7) is 1.99. The summed E-state index contributed by atoms with van der Waals surface area (Å²) in [4.78, 5) is 22.5. The summed E-state index contributed by atoms with van der Waals surface area (Å²) >= 11 is 0.